The molecule has 0 saturated carbocycles. The predicted octanol–water partition coefficient (Wildman–Crippen LogP) is 5.22. The van der Waals surface area contributed by atoms with Crippen molar-refractivity contribution in [1.82, 2.24) is 9.88 Å². The average Bonchev–Trinajstić information content (AvgIpc) is 2.91. The van der Waals surface area contributed by atoms with Gasteiger partial charge in [0.1, 0.15) is 5.82 Å². The first-order valence-corrected chi connectivity index (χ1v) is 9.73. The lowest BCUT2D eigenvalue weighted by atomic mass is 10.00. The Hall–Kier alpha value is -1.81. The van der Waals surface area contributed by atoms with Gasteiger partial charge in [0.15, 0.2) is 0 Å². The van der Waals surface area contributed by atoms with E-state index in [0.29, 0.717) is 5.56 Å². The van der Waals surface area contributed by atoms with E-state index >= 15 is 0 Å². The highest BCUT2D eigenvalue weighted by molar-refractivity contribution is 6.30. The summed E-state index contributed by atoms with van der Waals surface area (Å²) < 4.78 is 15.8. The van der Waals surface area contributed by atoms with E-state index < -0.39 is 5.82 Å². The number of halogens is 2. The maximum atomic E-state index is 13.6. The highest BCUT2D eigenvalue weighted by Gasteiger charge is 2.23. The van der Waals surface area contributed by atoms with Crippen molar-refractivity contribution < 1.29 is 9.18 Å². The number of rotatable bonds is 8. The Balaban J connectivity index is 2.29. The number of unbranched alkanes of at least 4 members (excludes halogenated alkanes) is 1. The molecule has 0 saturated heterocycles. The zero-order valence-corrected chi connectivity index (χ0v) is 16.8. The molecule has 2 rings (SSSR count). The van der Waals surface area contributed by atoms with Gasteiger partial charge in [-0.25, -0.2) is 4.39 Å². The van der Waals surface area contributed by atoms with Crippen molar-refractivity contribution in [2.75, 3.05) is 0 Å². The van der Waals surface area contributed by atoms with E-state index in [1.165, 1.54) is 17.8 Å². The SMILES string of the molecule is CCCCc1c(C(=O)NCc2ccc(Cl)c(F)c2)c(CC)n(C)c1CC. The number of hydrogen-bond acceptors (Lipinski definition) is 1. The Kier molecular flexibility index (Phi) is 7.27. The van der Waals surface area contributed by atoms with Crippen molar-refractivity contribution in [3.63, 3.8) is 0 Å². The molecule has 0 bridgehead atoms. The van der Waals surface area contributed by atoms with Crippen LogP contribution in [0.1, 0.15) is 66.5 Å². The van der Waals surface area contributed by atoms with E-state index in [4.69, 9.17) is 11.6 Å². The number of nitrogens with one attached hydrogen (secondary N) is 1. The monoisotopic (exact) mass is 378 g/mol. The second-order valence-electron chi connectivity index (χ2n) is 6.55. The highest BCUT2D eigenvalue weighted by atomic mass is 35.5. The molecule has 1 aromatic heterocycles. The summed E-state index contributed by atoms with van der Waals surface area (Å²) in [7, 11) is 2.04. The molecule has 0 fully saturated rings. The topological polar surface area (TPSA) is 34.0 Å². The van der Waals surface area contributed by atoms with E-state index in [1.807, 2.05) is 7.05 Å². The number of carbonyl (C=O) groups excluding carboxylic acids is 1. The van der Waals surface area contributed by atoms with Gasteiger partial charge in [-0.2, -0.15) is 0 Å². The standard InChI is InChI=1S/C21H28ClFN2O/c1-5-8-9-15-18(6-2)25(4)19(7-3)20(15)21(26)24-13-14-10-11-16(22)17(23)12-14/h10-12H,5-9,13H2,1-4H3,(H,24,26). The largest absolute Gasteiger partial charge is 0.351 e. The normalized spacial score (nSPS) is 11.0. The minimum Gasteiger partial charge on any atom is -0.351 e. The Morgan fingerprint density at radius 2 is 1.88 bits per heavy atom. The smallest absolute Gasteiger partial charge is 0.253 e. The van der Waals surface area contributed by atoms with Crippen LogP contribution in [0, 0.1) is 5.82 Å². The van der Waals surface area contributed by atoms with Gasteiger partial charge in [-0.05, 0) is 48.9 Å². The number of hydrogen-bond donors (Lipinski definition) is 1. The van der Waals surface area contributed by atoms with Crippen LogP contribution in [0.2, 0.25) is 5.02 Å². The van der Waals surface area contributed by atoms with Crippen LogP contribution < -0.4 is 5.32 Å². The number of amides is 1. The van der Waals surface area contributed by atoms with Gasteiger partial charge in [-0.15, -0.1) is 0 Å². The van der Waals surface area contributed by atoms with Crippen molar-refractivity contribution in [3.05, 3.63) is 57.1 Å². The Morgan fingerprint density at radius 1 is 1.19 bits per heavy atom. The van der Waals surface area contributed by atoms with Crippen LogP contribution in [0.15, 0.2) is 18.2 Å². The molecule has 1 heterocycles. The predicted molar refractivity (Wildman–Crippen MR) is 105 cm³/mol. The van der Waals surface area contributed by atoms with Gasteiger partial charge in [-0.1, -0.05) is 44.9 Å². The molecule has 142 valence electrons. The van der Waals surface area contributed by atoms with Gasteiger partial charge in [0, 0.05) is 25.0 Å². The van der Waals surface area contributed by atoms with Crippen LogP contribution in [-0.2, 0) is 32.9 Å². The molecule has 1 amide bonds. The quantitative estimate of drug-likeness (QED) is 0.671. The Morgan fingerprint density at radius 3 is 2.46 bits per heavy atom. The molecule has 0 spiro atoms. The van der Waals surface area contributed by atoms with E-state index in [9.17, 15) is 9.18 Å². The summed E-state index contributed by atoms with van der Waals surface area (Å²) in [5.41, 5.74) is 4.95. The Bertz CT molecular complexity index is 783. The molecule has 1 N–H and O–H groups in total. The second kappa shape index (κ2) is 9.22. The molecule has 3 nitrogen and oxygen atoms in total. The molecule has 5 heteroatoms. The molecule has 2 aromatic rings. The van der Waals surface area contributed by atoms with E-state index in [-0.39, 0.29) is 17.5 Å². The zero-order chi connectivity index (χ0) is 19.3. The lowest BCUT2D eigenvalue weighted by Gasteiger charge is -2.10. The molecule has 0 aliphatic heterocycles. The first-order chi connectivity index (χ1) is 12.4. The van der Waals surface area contributed by atoms with Gasteiger partial charge in [0.05, 0.1) is 10.6 Å². The van der Waals surface area contributed by atoms with Crippen molar-refractivity contribution in [3.8, 4) is 0 Å². The molecular weight excluding hydrogens is 351 g/mol. The second-order valence-corrected chi connectivity index (χ2v) is 6.95. The van der Waals surface area contributed by atoms with Gasteiger partial charge in [0.25, 0.3) is 5.91 Å². The van der Waals surface area contributed by atoms with Crippen LogP contribution in [0.25, 0.3) is 0 Å². The highest BCUT2D eigenvalue weighted by Crippen LogP contribution is 2.26. The minimum absolute atomic E-state index is 0.0846. The summed E-state index contributed by atoms with van der Waals surface area (Å²) in [6.45, 7) is 6.63. The molecule has 1 aromatic carbocycles. The Labute approximate surface area is 160 Å². The van der Waals surface area contributed by atoms with E-state index in [2.05, 4.69) is 30.7 Å². The summed E-state index contributed by atoms with van der Waals surface area (Å²) >= 11 is 5.72. The van der Waals surface area contributed by atoms with Crippen LogP contribution in [-0.4, -0.2) is 10.5 Å². The minimum atomic E-state index is -0.468. The van der Waals surface area contributed by atoms with Crippen molar-refractivity contribution in [2.45, 2.75) is 59.4 Å². The van der Waals surface area contributed by atoms with Crippen molar-refractivity contribution in [2.24, 2.45) is 7.05 Å². The third-order valence-electron chi connectivity index (χ3n) is 4.86. The molecule has 0 radical (unpaired) electrons. The fourth-order valence-electron chi connectivity index (χ4n) is 3.53. The first-order valence-electron chi connectivity index (χ1n) is 9.35. The van der Waals surface area contributed by atoms with Gasteiger partial charge in [0.2, 0.25) is 0 Å². The molecular formula is C21H28ClFN2O. The average molecular weight is 379 g/mol. The van der Waals surface area contributed by atoms with Gasteiger partial charge in [-0.3, -0.25) is 4.79 Å². The zero-order valence-electron chi connectivity index (χ0n) is 16.1. The number of nitrogens with zero attached hydrogens (tertiary/aromatic N) is 1. The van der Waals surface area contributed by atoms with Gasteiger partial charge >= 0.3 is 0 Å². The third kappa shape index (κ3) is 4.29. The fourth-order valence-corrected chi connectivity index (χ4v) is 3.64. The van der Waals surface area contributed by atoms with Crippen LogP contribution >= 0.6 is 11.6 Å². The first kappa shape index (κ1) is 20.5. The molecule has 0 atom stereocenters. The lowest BCUT2D eigenvalue weighted by Crippen LogP contribution is -2.25. The van der Waals surface area contributed by atoms with Crippen LogP contribution in [0.3, 0.4) is 0 Å². The van der Waals surface area contributed by atoms with Crippen molar-refractivity contribution in [1.29, 1.82) is 0 Å². The van der Waals surface area contributed by atoms with E-state index in [1.54, 1.807) is 6.07 Å². The fraction of sp³-hybridized carbons (Fsp3) is 0.476. The number of aromatic nitrogens is 1. The summed E-state index contributed by atoms with van der Waals surface area (Å²) in [6.07, 6.45) is 4.76. The van der Waals surface area contributed by atoms with Crippen LogP contribution in [0.4, 0.5) is 4.39 Å². The summed E-state index contributed by atoms with van der Waals surface area (Å²) in [5, 5.41) is 3.04. The molecule has 0 unspecified atom stereocenters. The van der Waals surface area contributed by atoms with Crippen molar-refractivity contribution >= 4 is 17.5 Å². The number of benzene rings is 1. The summed E-state index contributed by atoms with van der Waals surface area (Å²) in [4.78, 5) is 13.0. The molecule has 0 aliphatic rings. The maximum absolute atomic E-state index is 13.6. The lowest BCUT2D eigenvalue weighted by molar-refractivity contribution is 0.0949. The molecule has 26 heavy (non-hydrogen) atoms. The van der Waals surface area contributed by atoms with Gasteiger partial charge < -0.3 is 9.88 Å². The van der Waals surface area contributed by atoms with E-state index in [0.717, 1.165) is 48.9 Å². The third-order valence-corrected chi connectivity index (χ3v) is 5.17. The van der Waals surface area contributed by atoms with Crippen LogP contribution in [0.5, 0.6) is 0 Å². The number of carbonyl (C=O) groups is 1. The molecule has 0 aliphatic carbocycles. The maximum Gasteiger partial charge on any atom is 0.253 e. The summed E-state index contributed by atoms with van der Waals surface area (Å²) in [5.74, 6) is -0.553. The summed E-state index contributed by atoms with van der Waals surface area (Å²) in [6, 6.07) is 4.61.